The predicted molar refractivity (Wildman–Crippen MR) is 118 cm³/mol. The Morgan fingerprint density at radius 1 is 1.28 bits per heavy atom. The summed E-state index contributed by atoms with van der Waals surface area (Å²) in [7, 11) is 0. The zero-order chi connectivity index (χ0) is 22.7. The van der Waals surface area contributed by atoms with Crippen molar-refractivity contribution >= 4 is 51.8 Å². The Labute approximate surface area is 192 Å². The molecule has 32 heavy (non-hydrogen) atoms. The summed E-state index contributed by atoms with van der Waals surface area (Å²) in [5.74, 6) is -1.50. The maximum Gasteiger partial charge on any atom is 0.282 e. The minimum atomic E-state index is -0.935. The molecule has 1 atom stereocenters. The number of aromatic nitrogens is 6. The first-order valence-electron chi connectivity index (χ1n) is 9.13. The summed E-state index contributed by atoms with van der Waals surface area (Å²) in [5, 5.41) is 20.5. The zero-order valence-electron chi connectivity index (χ0n) is 16.4. The summed E-state index contributed by atoms with van der Waals surface area (Å²) in [5.41, 5.74) is 1.69. The molecule has 0 bridgehead atoms. The Bertz CT molecular complexity index is 1300. The Hall–Kier alpha value is -2.68. The molecular weight excluding hydrogens is 480 g/mol. The first kappa shape index (κ1) is 22.5. The molecule has 1 unspecified atom stereocenters. The van der Waals surface area contributed by atoms with Crippen molar-refractivity contribution in [1.82, 2.24) is 30.1 Å². The Morgan fingerprint density at radius 2 is 2.12 bits per heavy atom. The number of H-pyrrole nitrogens is 1. The molecule has 0 spiro atoms. The van der Waals surface area contributed by atoms with Gasteiger partial charge in [-0.3, -0.25) is 4.79 Å². The zero-order valence-corrected chi connectivity index (χ0v) is 18.8. The van der Waals surface area contributed by atoms with Gasteiger partial charge in [0.15, 0.2) is 37.6 Å². The average Bonchev–Trinajstić information content (AvgIpc) is 3.28. The van der Waals surface area contributed by atoms with Crippen LogP contribution in [0.4, 0.5) is 14.6 Å². The van der Waals surface area contributed by atoms with Crippen LogP contribution < -0.4 is 10.9 Å². The van der Waals surface area contributed by atoms with Gasteiger partial charge in [-0.15, -0.1) is 10.2 Å². The van der Waals surface area contributed by atoms with E-state index in [1.807, 2.05) is 0 Å². The fraction of sp³-hybridized carbons (Fsp3) is 0.222. The number of anilines is 1. The second-order valence-electron chi connectivity index (χ2n) is 6.46. The second kappa shape index (κ2) is 9.85. The molecule has 3 N–H and O–H groups in total. The van der Waals surface area contributed by atoms with Crippen molar-refractivity contribution in [2.24, 2.45) is 0 Å². The van der Waals surface area contributed by atoms with Crippen LogP contribution in [0.25, 0.3) is 11.2 Å². The second-order valence-corrected chi connectivity index (χ2v) is 9.47. The molecule has 4 aromatic rings. The van der Waals surface area contributed by atoms with E-state index in [-0.39, 0.29) is 45.6 Å². The van der Waals surface area contributed by atoms with Gasteiger partial charge in [0, 0.05) is 17.4 Å². The molecule has 0 aliphatic carbocycles. The Morgan fingerprint density at radius 3 is 2.88 bits per heavy atom. The van der Waals surface area contributed by atoms with Crippen LogP contribution in [0.2, 0.25) is 0 Å². The summed E-state index contributed by atoms with van der Waals surface area (Å²) >= 11 is 3.40. The van der Waals surface area contributed by atoms with Gasteiger partial charge in [-0.25, -0.2) is 23.7 Å². The quantitative estimate of drug-likeness (QED) is 0.248. The van der Waals surface area contributed by atoms with Crippen LogP contribution in [0, 0.1) is 11.6 Å². The van der Waals surface area contributed by atoms with E-state index in [1.165, 1.54) is 23.5 Å². The predicted octanol–water partition coefficient (Wildman–Crippen LogP) is 3.08. The monoisotopic (exact) mass is 495 g/mol. The third-order valence-corrected chi connectivity index (χ3v) is 6.72. The summed E-state index contributed by atoms with van der Waals surface area (Å²) < 4.78 is 28.0. The van der Waals surface area contributed by atoms with E-state index in [4.69, 9.17) is 0 Å². The highest BCUT2D eigenvalue weighted by Gasteiger charge is 2.17. The van der Waals surface area contributed by atoms with Crippen LogP contribution >= 0.6 is 34.9 Å². The van der Waals surface area contributed by atoms with Crippen LogP contribution in [0.1, 0.15) is 12.5 Å². The van der Waals surface area contributed by atoms with Gasteiger partial charge in [0.2, 0.25) is 0 Å². The molecule has 9 nitrogen and oxygen atoms in total. The molecule has 4 rings (SSSR count). The van der Waals surface area contributed by atoms with Gasteiger partial charge in [0.1, 0.15) is 11.0 Å². The molecular formula is C18H15F2N7O2S3. The third-order valence-electron chi connectivity index (χ3n) is 4.07. The van der Waals surface area contributed by atoms with Crippen molar-refractivity contribution in [3.05, 3.63) is 51.3 Å². The standard InChI is InChI=1S/C18H15F2N7O2S3/c1-8(5-28)22-13-12-14(24-15(29)16(23-12)32-18-27-21-7-31-18)26-17(25-13)30-6-9-3-2-4-10(19)11(9)20/h2-4,7-8,28H,5-6H2,1H3,(H2,22,24,25,26,29). The van der Waals surface area contributed by atoms with Gasteiger partial charge in [-0.05, 0) is 24.8 Å². The van der Waals surface area contributed by atoms with Gasteiger partial charge in [-0.2, -0.15) is 0 Å². The van der Waals surface area contributed by atoms with Gasteiger partial charge in [-0.1, -0.05) is 35.2 Å². The molecule has 3 aromatic heterocycles. The number of halogens is 2. The highest BCUT2D eigenvalue weighted by Crippen LogP contribution is 2.29. The van der Waals surface area contributed by atoms with E-state index in [2.05, 4.69) is 35.5 Å². The lowest BCUT2D eigenvalue weighted by molar-refractivity contribution is 0.281. The Kier molecular flexibility index (Phi) is 6.93. The molecule has 0 aliphatic rings. The first-order valence-corrected chi connectivity index (χ1v) is 11.8. The van der Waals surface area contributed by atoms with Gasteiger partial charge in [0.05, 0.1) is 6.61 Å². The number of benzene rings is 1. The van der Waals surface area contributed by atoms with Crippen molar-refractivity contribution in [2.45, 2.75) is 33.2 Å². The number of aliphatic hydroxyl groups excluding tert-OH is 1. The van der Waals surface area contributed by atoms with E-state index in [9.17, 15) is 18.7 Å². The van der Waals surface area contributed by atoms with Crippen LogP contribution in [0.5, 0.6) is 0 Å². The smallest absolute Gasteiger partial charge is 0.282 e. The van der Waals surface area contributed by atoms with Crippen molar-refractivity contribution in [3.63, 3.8) is 0 Å². The number of aromatic amines is 1. The Balaban J connectivity index is 1.71. The SMILES string of the molecule is CC(CO)Nc1nc(SCc2cccc(F)c2F)nc2[nH]c(=O)c(Sc3nncs3)nc12. The van der Waals surface area contributed by atoms with E-state index in [0.717, 1.165) is 29.6 Å². The number of rotatable bonds is 8. The molecule has 0 aliphatic heterocycles. The lowest BCUT2D eigenvalue weighted by atomic mass is 10.2. The maximum absolute atomic E-state index is 14.0. The molecule has 14 heteroatoms. The summed E-state index contributed by atoms with van der Waals surface area (Å²) in [6, 6.07) is 3.58. The molecule has 166 valence electrons. The third kappa shape index (κ3) is 5.03. The number of hydrogen-bond donors (Lipinski definition) is 3. The topological polar surface area (TPSA) is 130 Å². The number of fused-ring (bicyclic) bond motifs is 1. The fourth-order valence-electron chi connectivity index (χ4n) is 2.55. The van der Waals surface area contributed by atoms with Gasteiger partial charge in [0.25, 0.3) is 5.56 Å². The number of nitrogens with one attached hydrogen (secondary N) is 2. The highest BCUT2D eigenvalue weighted by molar-refractivity contribution is 8.01. The molecule has 1 aromatic carbocycles. The number of hydrogen-bond acceptors (Lipinski definition) is 11. The van der Waals surface area contributed by atoms with Crippen LogP contribution in [-0.4, -0.2) is 47.9 Å². The maximum atomic E-state index is 14.0. The minimum Gasteiger partial charge on any atom is -0.394 e. The minimum absolute atomic E-state index is 0.0761. The van der Waals surface area contributed by atoms with E-state index >= 15 is 0 Å². The number of aliphatic hydroxyl groups is 1. The van der Waals surface area contributed by atoms with Crippen LogP contribution in [-0.2, 0) is 5.75 Å². The highest BCUT2D eigenvalue weighted by atomic mass is 32.2. The molecule has 0 fully saturated rings. The van der Waals surface area contributed by atoms with Gasteiger partial charge >= 0.3 is 0 Å². The average molecular weight is 496 g/mol. The van der Waals surface area contributed by atoms with Crippen molar-refractivity contribution in [2.75, 3.05) is 11.9 Å². The van der Waals surface area contributed by atoms with E-state index in [1.54, 1.807) is 12.4 Å². The summed E-state index contributed by atoms with van der Waals surface area (Å²) in [4.78, 5) is 28.3. The van der Waals surface area contributed by atoms with Crippen molar-refractivity contribution in [1.29, 1.82) is 0 Å². The van der Waals surface area contributed by atoms with E-state index < -0.39 is 17.2 Å². The van der Waals surface area contributed by atoms with Crippen LogP contribution in [0.3, 0.4) is 0 Å². The number of thioether (sulfide) groups is 1. The summed E-state index contributed by atoms with van der Waals surface area (Å²) in [6.07, 6.45) is 0. The molecule has 3 heterocycles. The number of nitrogens with zero attached hydrogens (tertiary/aromatic N) is 5. The first-order chi connectivity index (χ1) is 15.4. The fourth-order valence-corrected chi connectivity index (χ4v) is 4.74. The lowest BCUT2D eigenvalue weighted by Gasteiger charge is -2.14. The molecule has 0 saturated carbocycles. The molecule has 0 saturated heterocycles. The van der Waals surface area contributed by atoms with Crippen molar-refractivity contribution < 1.29 is 13.9 Å². The largest absolute Gasteiger partial charge is 0.394 e. The summed E-state index contributed by atoms with van der Waals surface area (Å²) in [6.45, 7) is 1.57. The van der Waals surface area contributed by atoms with Crippen LogP contribution in [0.15, 0.2) is 43.0 Å². The van der Waals surface area contributed by atoms with Crippen molar-refractivity contribution in [3.8, 4) is 0 Å². The molecule has 0 amide bonds. The van der Waals surface area contributed by atoms with Gasteiger partial charge < -0.3 is 15.4 Å². The normalized spacial score (nSPS) is 12.2. The molecule has 0 radical (unpaired) electrons. The van der Waals surface area contributed by atoms with E-state index in [0.29, 0.717) is 9.86 Å². The lowest BCUT2D eigenvalue weighted by Crippen LogP contribution is -2.22.